The van der Waals surface area contributed by atoms with Crippen LogP contribution in [-0.2, 0) is 6.42 Å². The van der Waals surface area contributed by atoms with E-state index in [1.54, 1.807) is 14.2 Å². The third-order valence-electron chi connectivity index (χ3n) is 5.34. The quantitative estimate of drug-likeness (QED) is 0.361. The van der Waals surface area contributed by atoms with Crippen molar-refractivity contribution in [1.82, 2.24) is 0 Å². The molecule has 0 aliphatic rings. The average Bonchev–Trinajstić information content (AvgIpc) is 2.77. The highest BCUT2D eigenvalue weighted by Crippen LogP contribution is 2.31. The highest BCUT2D eigenvalue weighted by Gasteiger charge is 2.14. The molecule has 0 fully saturated rings. The van der Waals surface area contributed by atoms with Gasteiger partial charge >= 0.3 is 0 Å². The van der Waals surface area contributed by atoms with Crippen LogP contribution in [0.3, 0.4) is 0 Å². The van der Waals surface area contributed by atoms with E-state index in [2.05, 4.69) is 37.3 Å². The molecule has 0 heterocycles. The summed E-state index contributed by atoms with van der Waals surface area (Å²) in [7, 11) is 3.30. The van der Waals surface area contributed by atoms with Gasteiger partial charge in [-0.05, 0) is 54.8 Å². The van der Waals surface area contributed by atoms with E-state index in [0.717, 1.165) is 42.3 Å². The predicted molar refractivity (Wildman–Crippen MR) is 128 cm³/mol. The minimum absolute atomic E-state index is 0. The monoisotopic (exact) mass is 435 g/mol. The molecule has 2 aromatic carbocycles. The summed E-state index contributed by atoms with van der Waals surface area (Å²) in [5, 5.41) is 0. The Kier molecular flexibility index (Phi) is 13.0. The fourth-order valence-electron chi connectivity index (χ4n) is 3.52. The zero-order valence-electron chi connectivity index (χ0n) is 18.7. The topological polar surface area (TPSA) is 53.7 Å². The fourth-order valence-corrected chi connectivity index (χ4v) is 3.52. The summed E-state index contributed by atoms with van der Waals surface area (Å²) in [6, 6.07) is 14.4. The summed E-state index contributed by atoms with van der Waals surface area (Å²) < 4.78 is 16.6. The van der Waals surface area contributed by atoms with Gasteiger partial charge < -0.3 is 19.9 Å². The standard InChI is InChI=1S/C25H37NO3.ClH/c1-4-5-6-7-8-9-16-29-23-13-10-20(11-14-23)17-22(19-26)21-12-15-24(27-2)25(18-21)28-3;/h10-15,18,22H,4-9,16-17,19,26H2,1-3H3;1H. The van der Waals surface area contributed by atoms with Gasteiger partial charge in [-0.1, -0.05) is 57.2 Å². The van der Waals surface area contributed by atoms with Crippen LogP contribution in [0, 0.1) is 0 Å². The SMILES string of the molecule is CCCCCCCCOc1ccc(CC(CN)c2ccc(OC)c(OC)c2)cc1.Cl. The maximum absolute atomic E-state index is 6.07. The van der Waals surface area contributed by atoms with Crippen LogP contribution < -0.4 is 19.9 Å². The van der Waals surface area contributed by atoms with E-state index in [4.69, 9.17) is 19.9 Å². The van der Waals surface area contributed by atoms with Gasteiger partial charge in [0.2, 0.25) is 0 Å². The maximum Gasteiger partial charge on any atom is 0.160 e. The average molecular weight is 436 g/mol. The molecule has 30 heavy (non-hydrogen) atoms. The molecular weight excluding hydrogens is 398 g/mol. The van der Waals surface area contributed by atoms with E-state index in [9.17, 15) is 0 Å². The van der Waals surface area contributed by atoms with Gasteiger partial charge in [0.1, 0.15) is 5.75 Å². The van der Waals surface area contributed by atoms with Crippen LogP contribution in [-0.4, -0.2) is 27.4 Å². The van der Waals surface area contributed by atoms with Gasteiger partial charge in [-0.3, -0.25) is 0 Å². The Morgan fingerprint density at radius 2 is 1.50 bits per heavy atom. The summed E-state index contributed by atoms with van der Waals surface area (Å²) in [6.07, 6.45) is 8.54. The highest BCUT2D eigenvalue weighted by atomic mass is 35.5. The number of rotatable bonds is 14. The van der Waals surface area contributed by atoms with Crippen molar-refractivity contribution in [3.8, 4) is 17.2 Å². The number of halogens is 1. The third kappa shape index (κ3) is 8.45. The van der Waals surface area contributed by atoms with Crippen molar-refractivity contribution in [2.75, 3.05) is 27.4 Å². The number of methoxy groups -OCH3 is 2. The first-order valence-electron chi connectivity index (χ1n) is 10.9. The van der Waals surface area contributed by atoms with Crippen LogP contribution in [0.15, 0.2) is 42.5 Å². The summed E-state index contributed by atoms with van der Waals surface area (Å²) in [6.45, 7) is 3.62. The summed E-state index contributed by atoms with van der Waals surface area (Å²) in [5.41, 5.74) is 8.49. The van der Waals surface area contributed by atoms with Crippen LogP contribution >= 0.6 is 12.4 Å². The van der Waals surface area contributed by atoms with Crippen molar-refractivity contribution in [3.63, 3.8) is 0 Å². The van der Waals surface area contributed by atoms with Gasteiger partial charge in [0, 0.05) is 5.92 Å². The summed E-state index contributed by atoms with van der Waals surface area (Å²) in [4.78, 5) is 0. The van der Waals surface area contributed by atoms with Gasteiger partial charge in [-0.15, -0.1) is 12.4 Å². The molecule has 0 aliphatic carbocycles. The van der Waals surface area contributed by atoms with Gasteiger partial charge in [-0.2, -0.15) is 0 Å². The van der Waals surface area contributed by atoms with Crippen molar-refractivity contribution in [2.24, 2.45) is 5.73 Å². The molecule has 0 aliphatic heterocycles. The number of nitrogens with two attached hydrogens (primary N) is 1. The lowest BCUT2D eigenvalue weighted by Crippen LogP contribution is -2.15. The zero-order valence-corrected chi connectivity index (χ0v) is 19.5. The lowest BCUT2D eigenvalue weighted by molar-refractivity contribution is 0.304. The molecule has 0 saturated carbocycles. The molecule has 2 aromatic rings. The first-order chi connectivity index (χ1) is 14.2. The van der Waals surface area contributed by atoms with E-state index in [1.807, 2.05) is 12.1 Å². The first-order valence-corrected chi connectivity index (χ1v) is 10.9. The van der Waals surface area contributed by atoms with E-state index < -0.39 is 0 Å². The van der Waals surface area contributed by atoms with E-state index >= 15 is 0 Å². The second kappa shape index (κ2) is 15.0. The lowest BCUT2D eigenvalue weighted by atomic mass is 9.92. The van der Waals surface area contributed by atoms with E-state index in [-0.39, 0.29) is 18.3 Å². The van der Waals surface area contributed by atoms with Crippen molar-refractivity contribution in [3.05, 3.63) is 53.6 Å². The molecule has 0 radical (unpaired) electrons. The van der Waals surface area contributed by atoms with Crippen molar-refractivity contribution >= 4 is 12.4 Å². The van der Waals surface area contributed by atoms with Crippen LogP contribution in [0.1, 0.15) is 62.5 Å². The van der Waals surface area contributed by atoms with Crippen LogP contribution in [0.2, 0.25) is 0 Å². The normalized spacial score (nSPS) is 11.5. The molecule has 1 atom stereocenters. The molecule has 168 valence electrons. The smallest absolute Gasteiger partial charge is 0.160 e. The molecule has 0 bridgehead atoms. The lowest BCUT2D eigenvalue weighted by Gasteiger charge is -2.18. The highest BCUT2D eigenvalue weighted by molar-refractivity contribution is 5.85. The van der Waals surface area contributed by atoms with Crippen LogP contribution in [0.5, 0.6) is 17.2 Å². The van der Waals surface area contributed by atoms with Gasteiger partial charge in [0.25, 0.3) is 0 Å². The number of benzene rings is 2. The predicted octanol–water partition coefficient (Wildman–Crippen LogP) is 6.15. The van der Waals surface area contributed by atoms with Gasteiger partial charge in [0.05, 0.1) is 20.8 Å². The molecule has 0 saturated heterocycles. The molecule has 5 heteroatoms. The number of unbranched alkanes of at least 4 members (excludes halogenated alkanes) is 5. The molecule has 2 rings (SSSR count). The second-order valence-electron chi connectivity index (χ2n) is 7.51. The van der Waals surface area contributed by atoms with E-state index in [0.29, 0.717) is 6.54 Å². The fraction of sp³-hybridized carbons (Fsp3) is 0.520. The van der Waals surface area contributed by atoms with Crippen LogP contribution in [0.25, 0.3) is 0 Å². The minimum Gasteiger partial charge on any atom is -0.494 e. The van der Waals surface area contributed by atoms with Crippen molar-refractivity contribution < 1.29 is 14.2 Å². The molecule has 0 amide bonds. The number of hydrogen-bond donors (Lipinski definition) is 1. The second-order valence-corrected chi connectivity index (χ2v) is 7.51. The van der Waals surface area contributed by atoms with Crippen molar-refractivity contribution in [2.45, 2.75) is 57.8 Å². The third-order valence-corrected chi connectivity index (χ3v) is 5.34. The summed E-state index contributed by atoms with van der Waals surface area (Å²) in [5.74, 6) is 2.64. The van der Waals surface area contributed by atoms with Gasteiger partial charge in [0.15, 0.2) is 11.5 Å². The molecule has 1 unspecified atom stereocenters. The van der Waals surface area contributed by atoms with Crippen LogP contribution in [0.4, 0.5) is 0 Å². The molecule has 0 aromatic heterocycles. The number of ether oxygens (including phenoxy) is 3. The zero-order chi connectivity index (χ0) is 20.9. The Balaban J connectivity index is 0.00000450. The largest absolute Gasteiger partial charge is 0.494 e. The Morgan fingerprint density at radius 1 is 0.833 bits per heavy atom. The first kappa shape index (κ1) is 26.1. The van der Waals surface area contributed by atoms with Gasteiger partial charge in [-0.25, -0.2) is 0 Å². The molecular formula is C25H38ClNO3. The number of hydrogen-bond acceptors (Lipinski definition) is 4. The Hall–Kier alpha value is -1.91. The summed E-state index contributed by atoms with van der Waals surface area (Å²) >= 11 is 0. The minimum atomic E-state index is 0. The molecule has 2 N–H and O–H groups in total. The molecule has 4 nitrogen and oxygen atoms in total. The maximum atomic E-state index is 6.07. The van der Waals surface area contributed by atoms with E-state index in [1.165, 1.54) is 37.7 Å². The Bertz CT molecular complexity index is 706. The Labute approximate surface area is 188 Å². The Morgan fingerprint density at radius 3 is 2.13 bits per heavy atom. The molecule has 0 spiro atoms. The van der Waals surface area contributed by atoms with Crippen molar-refractivity contribution in [1.29, 1.82) is 0 Å².